The van der Waals surface area contributed by atoms with Gasteiger partial charge in [0.05, 0.1) is 17.5 Å². The molecule has 0 unspecified atom stereocenters. The number of aromatic nitrogens is 5. The summed E-state index contributed by atoms with van der Waals surface area (Å²) in [6.45, 7) is 1.83. The van der Waals surface area contributed by atoms with E-state index in [1.54, 1.807) is 0 Å². The predicted octanol–water partition coefficient (Wildman–Crippen LogP) is 3.28. The van der Waals surface area contributed by atoms with E-state index in [1.165, 1.54) is 15.6 Å². The highest BCUT2D eigenvalue weighted by atomic mass is 32.1. The van der Waals surface area contributed by atoms with E-state index in [-0.39, 0.29) is 5.56 Å². The van der Waals surface area contributed by atoms with Gasteiger partial charge in [0.1, 0.15) is 0 Å². The minimum atomic E-state index is -0.182. The van der Waals surface area contributed by atoms with Crippen LogP contribution in [0, 0.1) is 11.7 Å². The van der Waals surface area contributed by atoms with Crippen molar-refractivity contribution in [1.82, 2.24) is 24.7 Å². The average Bonchev–Trinajstić information content (AvgIpc) is 3.21. The standard InChI is InChI=1S/C19H16N6OS/c1-13-16(18(26)24(23-13)15-10-6-3-7-11-15)12-20-25-17(21-22-19(25)27)14-8-4-2-5-9-14/h2-12,23H,1H3,(H,22,27)/b20-12-. The molecule has 2 N–H and O–H groups in total. The van der Waals surface area contributed by atoms with E-state index in [0.29, 0.717) is 21.9 Å². The van der Waals surface area contributed by atoms with Crippen molar-refractivity contribution in [3.8, 4) is 17.1 Å². The highest BCUT2D eigenvalue weighted by Crippen LogP contribution is 2.16. The lowest BCUT2D eigenvalue weighted by molar-refractivity contribution is 0.835. The van der Waals surface area contributed by atoms with E-state index in [4.69, 9.17) is 12.2 Å². The summed E-state index contributed by atoms with van der Waals surface area (Å²) in [6, 6.07) is 19.0. The molecule has 0 saturated carbocycles. The number of nitrogens with one attached hydrogen (secondary N) is 2. The van der Waals surface area contributed by atoms with E-state index in [0.717, 1.165) is 11.3 Å². The molecule has 8 heteroatoms. The van der Waals surface area contributed by atoms with Gasteiger partial charge in [0.2, 0.25) is 4.77 Å². The number of nitrogens with zero attached hydrogens (tertiary/aromatic N) is 4. The van der Waals surface area contributed by atoms with Gasteiger partial charge in [0.15, 0.2) is 5.82 Å². The van der Waals surface area contributed by atoms with Crippen LogP contribution < -0.4 is 5.56 Å². The summed E-state index contributed by atoms with van der Waals surface area (Å²) in [5.74, 6) is 0.577. The van der Waals surface area contributed by atoms with Crippen LogP contribution in [0.25, 0.3) is 17.1 Å². The van der Waals surface area contributed by atoms with Gasteiger partial charge in [0.25, 0.3) is 5.56 Å². The van der Waals surface area contributed by atoms with Crippen LogP contribution in [0.4, 0.5) is 0 Å². The number of hydrogen-bond donors (Lipinski definition) is 2. The molecule has 2 heterocycles. The smallest absolute Gasteiger partial charge is 0.280 e. The summed E-state index contributed by atoms with van der Waals surface area (Å²) >= 11 is 5.28. The lowest BCUT2D eigenvalue weighted by Gasteiger charge is -2.00. The van der Waals surface area contributed by atoms with Crippen molar-refractivity contribution in [2.24, 2.45) is 5.10 Å². The molecular formula is C19H16N6OS. The van der Waals surface area contributed by atoms with E-state index in [1.807, 2.05) is 67.6 Å². The number of H-pyrrole nitrogens is 2. The molecule has 0 aliphatic rings. The predicted molar refractivity (Wildman–Crippen MR) is 107 cm³/mol. The lowest BCUT2D eigenvalue weighted by Crippen LogP contribution is -2.17. The van der Waals surface area contributed by atoms with E-state index in [9.17, 15) is 4.79 Å². The molecule has 134 valence electrons. The highest BCUT2D eigenvalue weighted by Gasteiger charge is 2.12. The van der Waals surface area contributed by atoms with Gasteiger partial charge in [-0.3, -0.25) is 9.89 Å². The maximum absolute atomic E-state index is 12.8. The van der Waals surface area contributed by atoms with E-state index in [2.05, 4.69) is 20.4 Å². The van der Waals surface area contributed by atoms with Gasteiger partial charge < -0.3 is 0 Å². The second-order valence-electron chi connectivity index (χ2n) is 5.90. The van der Waals surface area contributed by atoms with Gasteiger partial charge in [-0.05, 0) is 31.3 Å². The summed E-state index contributed by atoms with van der Waals surface area (Å²) in [5, 5.41) is 14.5. The van der Waals surface area contributed by atoms with Gasteiger partial charge in [-0.1, -0.05) is 48.5 Å². The first-order chi connectivity index (χ1) is 13.1. The van der Waals surface area contributed by atoms with Crippen LogP contribution in [0.5, 0.6) is 0 Å². The zero-order valence-corrected chi connectivity index (χ0v) is 15.3. The zero-order valence-electron chi connectivity index (χ0n) is 14.5. The molecule has 0 atom stereocenters. The fourth-order valence-corrected chi connectivity index (χ4v) is 2.94. The fourth-order valence-electron chi connectivity index (χ4n) is 2.76. The maximum Gasteiger partial charge on any atom is 0.280 e. The Bertz CT molecular complexity index is 1210. The maximum atomic E-state index is 12.8. The average molecular weight is 376 g/mol. The number of para-hydroxylation sites is 1. The van der Waals surface area contributed by atoms with Gasteiger partial charge >= 0.3 is 0 Å². The molecule has 4 rings (SSSR count). The fraction of sp³-hybridized carbons (Fsp3) is 0.0526. The molecule has 0 radical (unpaired) electrons. The van der Waals surface area contributed by atoms with Crippen molar-refractivity contribution in [3.63, 3.8) is 0 Å². The lowest BCUT2D eigenvalue weighted by atomic mass is 10.2. The summed E-state index contributed by atoms with van der Waals surface area (Å²) in [4.78, 5) is 12.8. The van der Waals surface area contributed by atoms with Crippen LogP contribution >= 0.6 is 12.2 Å². The van der Waals surface area contributed by atoms with Crippen molar-refractivity contribution in [2.45, 2.75) is 6.92 Å². The van der Waals surface area contributed by atoms with Crippen LogP contribution in [0.2, 0.25) is 0 Å². The molecule has 0 aliphatic heterocycles. The van der Waals surface area contributed by atoms with Crippen molar-refractivity contribution < 1.29 is 0 Å². The number of benzene rings is 2. The Hall–Kier alpha value is -3.52. The van der Waals surface area contributed by atoms with Crippen LogP contribution in [0.1, 0.15) is 11.3 Å². The number of rotatable bonds is 4. The first-order valence-corrected chi connectivity index (χ1v) is 8.70. The molecule has 0 fully saturated rings. The second kappa shape index (κ2) is 7.00. The monoisotopic (exact) mass is 376 g/mol. The van der Waals surface area contributed by atoms with E-state index < -0.39 is 0 Å². The van der Waals surface area contributed by atoms with Crippen LogP contribution in [0.3, 0.4) is 0 Å². The normalized spacial score (nSPS) is 11.3. The molecule has 0 amide bonds. The third-order valence-electron chi connectivity index (χ3n) is 4.12. The number of aryl methyl sites for hydroxylation is 1. The first kappa shape index (κ1) is 16.9. The van der Waals surface area contributed by atoms with Gasteiger partial charge in [0, 0.05) is 11.3 Å². The summed E-state index contributed by atoms with van der Waals surface area (Å²) in [6.07, 6.45) is 1.51. The van der Waals surface area contributed by atoms with Crippen molar-refractivity contribution >= 4 is 18.4 Å². The zero-order chi connectivity index (χ0) is 18.8. The Kier molecular flexibility index (Phi) is 4.39. The molecule has 27 heavy (non-hydrogen) atoms. The molecule has 0 aliphatic carbocycles. The molecule has 0 saturated heterocycles. The minimum Gasteiger partial charge on any atom is -0.295 e. The minimum absolute atomic E-state index is 0.182. The summed E-state index contributed by atoms with van der Waals surface area (Å²) < 4.78 is 3.34. The molecule has 2 aromatic heterocycles. The third kappa shape index (κ3) is 3.18. The summed E-state index contributed by atoms with van der Waals surface area (Å²) in [5.41, 5.74) is 2.62. The van der Waals surface area contributed by atoms with Gasteiger partial charge in [-0.2, -0.15) is 14.9 Å². The molecular weight excluding hydrogens is 360 g/mol. The molecule has 4 aromatic rings. The Morgan fingerprint density at radius 1 is 1.07 bits per heavy atom. The Morgan fingerprint density at radius 3 is 2.44 bits per heavy atom. The number of aromatic amines is 2. The molecule has 0 bridgehead atoms. The summed E-state index contributed by atoms with van der Waals surface area (Å²) in [7, 11) is 0. The molecule has 2 aromatic carbocycles. The highest BCUT2D eigenvalue weighted by molar-refractivity contribution is 7.71. The topological polar surface area (TPSA) is 83.8 Å². The van der Waals surface area contributed by atoms with Crippen molar-refractivity contribution in [1.29, 1.82) is 0 Å². The third-order valence-corrected chi connectivity index (χ3v) is 4.38. The van der Waals surface area contributed by atoms with Crippen molar-refractivity contribution in [2.75, 3.05) is 0 Å². The Balaban J connectivity index is 1.76. The van der Waals surface area contributed by atoms with Crippen LogP contribution in [0.15, 0.2) is 70.6 Å². The first-order valence-electron chi connectivity index (χ1n) is 8.29. The van der Waals surface area contributed by atoms with Crippen molar-refractivity contribution in [3.05, 3.63) is 87.0 Å². The molecule has 0 spiro atoms. The van der Waals surface area contributed by atoms with E-state index >= 15 is 0 Å². The SMILES string of the molecule is Cc1[nH]n(-c2ccccc2)c(=O)c1/C=N\n1c(-c2ccccc2)n[nH]c1=S. The largest absolute Gasteiger partial charge is 0.295 e. The van der Waals surface area contributed by atoms with Gasteiger partial charge in [-0.25, -0.2) is 9.78 Å². The quantitative estimate of drug-likeness (QED) is 0.423. The Morgan fingerprint density at radius 2 is 1.74 bits per heavy atom. The molecule has 7 nitrogen and oxygen atoms in total. The number of hydrogen-bond acceptors (Lipinski definition) is 4. The van der Waals surface area contributed by atoms with Crippen LogP contribution in [-0.4, -0.2) is 30.9 Å². The van der Waals surface area contributed by atoms with Crippen LogP contribution in [-0.2, 0) is 0 Å². The Labute approximate surface area is 159 Å². The second-order valence-corrected chi connectivity index (χ2v) is 6.29. The van der Waals surface area contributed by atoms with Gasteiger partial charge in [-0.15, -0.1) is 0 Å².